The van der Waals surface area contributed by atoms with Crippen LogP contribution in [-0.4, -0.2) is 45.4 Å². The molecule has 0 unspecified atom stereocenters. The van der Waals surface area contributed by atoms with Gasteiger partial charge in [-0.1, -0.05) is 48.5 Å². The minimum atomic E-state index is -4.03. The fourth-order valence-corrected chi connectivity index (χ4v) is 5.15. The second-order valence-corrected chi connectivity index (χ2v) is 9.61. The van der Waals surface area contributed by atoms with Crippen LogP contribution in [0.5, 0.6) is 11.5 Å². The number of methoxy groups -OCH3 is 1. The van der Waals surface area contributed by atoms with Crippen LogP contribution >= 0.6 is 0 Å². The molecule has 0 spiro atoms. The molecule has 180 valence electrons. The van der Waals surface area contributed by atoms with E-state index in [-0.39, 0.29) is 23.7 Å². The first-order valence-electron chi connectivity index (χ1n) is 11.1. The molecule has 1 N–H and O–H groups in total. The number of rotatable bonds is 11. The molecule has 0 radical (unpaired) electrons. The lowest BCUT2D eigenvalue weighted by Gasteiger charge is -2.23. The number of nitrogens with one attached hydrogen (secondary N) is 1. The Hall–Kier alpha value is -3.36. The summed E-state index contributed by atoms with van der Waals surface area (Å²) in [6.45, 7) is 3.88. The highest BCUT2D eigenvalue weighted by Gasteiger charge is 2.30. The number of hydrogen-bond donors (Lipinski definition) is 1. The molecule has 7 nitrogen and oxygen atoms in total. The van der Waals surface area contributed by atoms with E-state index in [0.717, 1.165) is 11.1 Å². The number of carbonyl (C=O) groups is 1. The predicted octanol–water partition coefficient (Wildman–Crippen LogP) is 4.27. The van der Waals surface area contributed by atoms with Gasteiger partial charge in [0.05, 0.1) is 25.9 Å². The minimum absolute atomic E-state index is 0.0329. The number of benzene rings is 3. The van der Waals surface area contributed by atoms with Gasteiger partial charge in [-0.05, 0) is 55.7 Å². The van der Waals surface area contributed by atoms with Gasteiger partial charge in [-0.15, -0.1) is 0 Å². The Balaban J connectivity index is 1.89. The largest absolute Gasteiger partial charge is 0.495 e. The lowest BCUT2D eigenvalue weighted by molar-refractivity contribution is -0.116. The minimum Gasteiger partial charge on any atom is -0.495 e. The quantitative estimate of drug-likeness (QED) is 0.441. The van der Waals surface area contributed by atoms with Crippen LogP contribution in [0.4, 0.5) is 5.69 Å². The molecular weight excluding hydrogens is 452 g/mol. The summed E-state index contributed by atoms with van der Waals surface area (Å²) < 4.78 is 39.4. The first-order chi connectivity index (χ1) is 16.3. The summed E-state index contributed by atoms with van der Waals surface area (Å²) in [4.78, 5) is 13.0. The predicted molar refractivity (Wildman–Crippen MR) is 133 cm³/mol. The number of carbonyl (C=O) groups excluding carboxylic acids is 1. The topological polar surface area (TPSA) is 84.9 Å². The van der Waals surface area contributed by atoms with E-state index in [0.29, 0.717) is 24.5 Å². The van der Waals surface area contributed by atoms with Crippen LogP contribution in [0.2, 0.25) is 0 Å². The molecule has 34 heavy (non-hydrogen) atoms. The zero-order valence-electron chi connectivity index (χ0n) is 19.7. The van der Waals surface area contributed by atoms with Crippen molar-refractivity contribution in [2.24, 2.45) is 0 Å². The molecule has 8 heteroatoms. The maximum Gasteiger partial charge on any atom is 0.247 e. The monoisotopic (exact) mass is 482 g/mol. The molecule has 3 aromatic rings. The number of ether oxygens (including phenoxy) is 2. The molecule has 1 amide bonds. The Morgan fingerprint density at radius 2 is 1.68 bits per heavy atom. The van der Waals surface area contributed by atoms with Crippen LogP contribution in [-0.2, 0) is 21.2 Å². The lowest BCUT2D eigenvalue weighted by atomic mass is 10.1. The van der Waals surface area contributed by atoms with Gasteiger partial charge in [0.2, 0.25) is 15.9 Å². The maximum absolute atomic E-state index is 13.7. The van der Waals surface area contributed by atoms with Crippen LogP contribution in [0.3, 0.4) is 0 Å². The third-order valence-electron chi connectivity index (χ3n) is 5.21. The summed E-state index contributed by atoms with van der Waals surface area (Å²) in [5, 5.41) is 2.79. The van der Waals surface area contributed by atoms with Gasteiger partial charge in [0, 0.05) is 6.54 Å². The van der Waals surface area contributed by atoms with E-state index in [1.807, 2.05) is 44.2 Å². The van der Waals surface area contributed by atoms with E-state index in [2.05, 4.69) is 5.32 Å². The summed E-state index contributed by atoms with van der Waals surface area (Å²) in [7, 11) is -2.60. The van der Waals surface area contributed by atoms with E-state index in [1.54, 1.807) is 42.5 Å². The van der Waals surface area contributed by atoms with Gasteiger partial charge < -0.3 is 14.8 Å². The summed E-state index contributed by atoms with van der Waals surface area (Å²) in [6.07, 6.45) is 0.455. The number of para-hydroxylation sites is 2. The first-order valence-corrected chi connectivity index (χ1v) is 12.5. The first kappa shape index (κ1) is 25.3. The van der Waals surface area contributed by atoms with Crippen molar-refractivity contribution in [1.82, 2.24) is 4.31 Å². The molecule has 0 bridgehead atoms. The van der Waals surface area contributed by atoms with Gasteiger partial charge in [-0.25, -0.2) is 8.42 Å². The van der Waals surface area contributed by atoms with Gasteiger partial charge in [0.15, 0.2) is 0 Å². The van der Waals surface area contributed by atoms with Crippen molar-refractivity contribution in [3.8, 4) is 11.5 Å². The third-order valence-corrected chi connectivity index (χ3v) is 7.08. The Morgan fingerprint density at radius 3 is 2.38 bits per heavy atom. The van der Waals surface area contributed by atoms with Crippen LogP contribution in [0.15, 0.2) is 77.7 Å². The summed E-state index contributed by atoms with van der Waals surface area (Å²) in [5.74, 6) is 0.296. The summed E-state index contributed by atoms with van der Waals surface area (Å²) >= 11 is 0. The van der Waals surface area contributed by atoms with E-state index >= 15 is 0 Å². The number of nitrogens with zero attached hydrogens (tertiary/aromatic N) is 1. The van der Waals surface area contributed by atoms with Gasteiger partial charge >= 0.3 is 0 Å². The van der Waals surface area contributed by atoms with Crippen molar-refractivity contribution in [1.29, 1.82) is 0 Å². The molecule has 0 fully saturated rings. The summed E-state index contributed by atoms with van der Waals surface area (Å²) in [5.41, 5.74) is 2.24. The van der Waals surface area contributed by atoms with Crippen molar-refractivity contribution in [2.45, 2.75) is 25.2 Å². The highest BCUT2D eigenvalue weighted by atomic mass is 32.2. The second-order valence-electron chi connectivity index (χ2n) is 7.71. The Labute approximate surface area is 201 Å². The average molecular weight is 483 g/mol. The number of sulfonamides is 1. The van der Waals surface area contributed by atoms with Crippen LogP contribution in [0.25, 0.3) is 0 Å². The third kappa shape index (κ3) is 6.36. The van der Waals surface area contributed by atoms with Crippen LogP contribution < -0.4 is 14.8 Å². The van der Waals surface area contributed by atoms with E-state index in [4.69, 9.17) is 9.47 Å². The molecule has 0 aliphatic carbocycles. The molecule has 0 saturated carbocycles. The average Bonchev–Trinajstić information content (AvgIpc) is 2.83. The molecular formula is C26H30N2O5S. The van der Waals surface area contributed by atoms with Gasteiger partial charge in [0.25, 0.3) is 0 Å². The molecule has 3 rings (SSSR count). The molecule has 0 aromatic heterocycles. The standard InChI is InChI=1S/C26H30N2O5S/c1-4-33-23-13-9-8-12-22(23)27-26(29)19-28(17-16-21-10-6-5-7-11-21)34(30,31)25-18-20(2)14-15-24(25)32-3/h5-15,18H,4,16-17,19H2,1-3H3,(H,27,29). The Kier molecular flexibility index (Phi) is 8.67. The smallest absolute Gasteiger partial charge is 0.247 e. The normalized spacial score (nSPS) is 11.3. The molecule has 0 aliphatic rings. The van der Waals surface area contributed by atoms with E-state index in [9.17, 15) is 13.2 Å². The van der Waals surface area contributed by atoms with Gasteiger partial charge in [-0.3, -0.25) is 4.79 Å². The van der Waals surface area contributed by atoms with Gasteiger partial charge in [-0.2, -0.15) is 4.31 Å². The fraction of sp³-hybridized carbons (Fsp3) is 0.269. The zero-order chi connectivity index (χ0) is 24.6. The van der Waals surface area contributed by atoms with E-state index in [1.165, 1.54) is 11.4 Å². The van der Waals surface area contributed by atoms with Gasteiger partial charge in [0.1, 0.15) is 16.4 Å². The molecule has 0 atom stereocenters. The van der Waals surface area contributed by atoms with Crippen molar-refractivity contribution in [3.05, 3.63) is 83.9 Å². The molecule has 0 aliphatic heterocycles. The number of hydrogen-bond acceptors (Lipinski definition) is 5. The SMILES string of the molecule is CCOc1ccccc1NC(=O)CN(CCc1ccccc1)S(=O)(=O)c1cc(C)ccc1OC. The number of amides is 1. The summed E-state index contributed by atoms with van der Waals surface area (Å²) in [6, 6.07) is 21.6. The number of aryl methyl sites for hydroxylation is 1. The highest BCUT2D eigenvalue weighted by molar-refractivity contribution is 7.89. The fourth-order valence-electron chi connectivity index (χ4n) is 3.51. The zero-order valence-corrected chi connectivity index (χ0v) is 20.5. The molecule has 3 aromatic carbocycles. The maximum atomic E-state index is 13.7. The van der Waals surface area contributed by atoms with Crippen molar-refractivity contribution in [2.75, 3.05) is 32.1 Å². The Morgan fingerprint density at radius 1 is 0.971 bits per heavy atom. The van der Waals surface area contributed by atoms with E-state index < -0.39 is 15.9 Å². The lowest BCUT2D eigenvalue weighted by Crippen LogP contribution is -2.39. The van der Waals surface area contributed by atoms with Crippen molar-refractivity contribution >= 4 is 21.6 Å². The van der Waals surface area contributed by atoms with Crippen molar-refractivity contribution in [3.63, 3.8) is 0 Å². The van der Waals surface area contributed by atoms with Crippen LogP contribution in [0.1, 0.15) is 18.1 Å². The molecule has 0 saturated heterocycles. The Bertz CT molecular complexity index is 1210. The van der Waals surface area contributed by atoms with Crippen molar-refractivity contribution < 1.29 is 22.7 Å². The number of anilines is 1. The second kappa shape index (κ2) is 11.7. The molecule has 0 heterocycles. The highest BCUT2D eigenvalue weighted by Crippen LogP contribution is 2.28. The van der Waals surface area contributed by atoms with Crippen LogP contribution in [0, 0.1) is 6.92 Å².